The fraction of sp³-hybridized carbons (Fsp3) is 0.400. The number of hydrogen-bond donors (Lipinski definition) is 2. The molecule has 0 spiro atoms. The number of anilines is 2. The Balaban J connectivity index is 1.49. The highest BCUT2D eigenvalue weighted by Gasteiger charge is 2.20. The molecular weight excluding hydrogens is 370 g/mol. The van der Waals surface area contributed by atoms with Gasteiger partial charge in [-0.2, -0.15) is 0 Å². The van der Waals surface area contributed by atoms with Crippen molar-refractivity contribution in [3.8, 4) is 0 Å². The number of guanidine groups is 1. The molecule has 0 amide bonds. The summed E-state index contributed by atoms with van der Waals surface area (Å²) in [7, 11) is 0. The van der Waals surface area contributed by atoms with Gasteiger partial charge in [0.1, 0.15) is 5.82 Å². The van der Waals surface area contributed by atoms with Crippen molar-refractivity contribution in [3.05, 3.63) is 58.8 Å². The second-order valence-corrected chi connectivity index (χ2v) is 6.63. The van der Waals surface area contributed by atoms with E-state index < -0.39 is 4.92 Å². The molecule has 0 atom stereocenters. The second kappa shape index (κ2) is 10.3. The number of aliphatic imine (C=N–C) groups is 1. The Labute approximate surface area is 170 Å². The molecule has 154 valence electrons. The average Bonchev–Trinajstić information content (AvgIpc) is 2.77. The maximum Gasteiger partial charge on any atom is 0.269 e. The number of nitrogens with one attached hydrogen (secondary N) is 2. The summed E-state index contributed by atoms with van der Waals surface area (Å²) in [5.41, 5.74) is 0.938. The van der Waals surface area contributed by atoms with Crippen LogP contribution in [-0.4, -0.2) is 66.6 Å². The molecule has 1 aliphatic heterocycles. The molecule has 1 fully saturated rings. The van der Waals surface area contributed by atoms with Crippen molar-refractivity contribution >= 4 is 23.2 Å². The van der Waals surface area contributed by atoms with Gasteiger partial charge in [-0.25, -0.2) is 4.98 Å². The van der Waals surface area contributed by atoms with Crippen LogP contribution in [-0.2, 0) is 0 Å². The van der Waals surface area contributed by atoms with E-state index in [2.05, 4.69) is 32.3 Å². The zero-order valence-corrected chi connectivity index (χ0v) is 16.6. The third-order valence-corrected chi connectivity index (χ3v) is 4.67. The Morgan fingerprint density at radius 3 is 2.55 bits per heavy atom. The fourth-order valence-corrected chi connectivity index (χ4v) is 3.18. The number of non-ortho nitro benzene ring substituents is 1. The number of hydrogen-bond acceptors (Lipinski definition) is 6. The SMILES string of the molecule is CCNC(=NCCNc1ccc([N+](=O)[O-])cc1)N1CCN(c2ccccn2)CC1. The molecule has 0 radical (unpaired) electrons. The highest BCUT2D eigenvalue weighted by molar-refractivity contribution is 5.80. The summed E-state index contributed by atoms with van der Waals surface area (Å²) in [5, 5.41) is 17.3. The van der Waals surface area contributed by atoms with Crippen LogP contribution in [0.5, 0.6) is 0 Å². The van der Waals surface area contributed by atoms with E-state index in [0.717, 1.165) is 50.2 Å². The monoisotopic (exact) mass is 397 g/mol. The summed E-state index contributed by atoms with van der Waals surface area (Å²) in [5.74, 6) is 1.93. The maximum absolute atomic E-state index is 10.7. The van der Waals surface area contributed by atoms with Crippen molar-refractivity contribution in [1.29, 1.82) is 0 Å². The number of nitro groups is 1. The molecule has 9 heteroatoms. The first-order valence-electron chi connectivity index (χ1n) is 9.85. The first kappa shape index (κ1) is 20.4. The number of nitro benzene ring substituents is 1. The molecule has 1 aliphatic rings. The van der Waals surface area contributed by atoms with E-state index in [1.807, 2.05) is 24.4 Å². The zero-order valence-electron chi connectivity index (χ0n) is 16.6. The molecule has 2 heterocycles. The molecule has 1 saturated heterocycles. The summed E-state index contributed by atoms with van der Waals surface area (Å²) in [6.07, 6.45) is 1.82. The van der Waals surface area contributed by atoms with Crippen LogP contribution >= 0.6 is 0 Å². The van der Waals surface area contributed by atoms with Crippen LogP contribution in [0.3, 0.4) is 0 Å². The quantitative estimate of drug-likeness (QED) is 0.243. The summed E-state index contributed by atoms with van der Waals surface area (Å²) in [6, 6.07) is 12.4. The normalized spacial score (nSPS) is 14.6. The van der Waals surface area contributed by atoms with Crippen LogP contribution in [0.25, 0.3) is 0 Å². The zero-order chi connectivity index (χ0) is 20.5. The molecule has 0 saturated carbocycles. The number of benzene rings is 1. The van der Waals surface area contributed by atoms with E-state index in [1.165, 1.54) is 12.1 Å². The van der Waals surface area contributed by atoms with Crippen LogP contribution in [0.4, 0.5) is 17.2 Å². The van der Waals surface area contributed by atoms with E-state index >= 15 is 0 Å². The van der Waals surface area contributed by atoms with Crippen molar-refractivity contribution in [3.63, 3.8) is 0 Å². The van der Waals surface area contributed by atoms with E-state index in [0.29, 0.717) is 13.1 Å². The molecule has 2 N–H and O–H groups in total. The first-order valence-corrected chi connectivity index (χ1v) is 9.85. The van der Waals surface area contributed by atoms with E-state index in [-0.39, 0.29) is 5.69 Å². The van der Waals surface area contributed by atoms with Crippen LogP contribution in [0.2, 0.25) is 0 Å². The highest BCUT2D eigenvalue weighted by atomic mass is 16.6. The molecule has 0 bridgehead atoms. The molecule has 2 aromatic rings. The summed E-state index contributed by atoms with van der Waals surface area (Å²) >= 11 is 0. The number of aromatic nitrogens is 1. The van der Waals surface area contributed by atoms with Gasteiger partial charge < -0.3 is 20.4 Å². The van der Waals surface area contributed by atoms with Crippen molar-refractivity contribution < 1.29 is 4.92 Å². The number of nitrogens with zero attached hydrogens (tertiary/aromatic N) is 5. The lowest BCUT2D eigenvalue weighted by molar-refractivity contribution is -0.384. The third kappa shape index (κ3) is 5.81. The van der Waals surface area contributed by atoms with Crippen LogP contribution in [0.1, 0.15) is 6.92 Å². The first-order chi connectivity index (χ1) is 14.2. The molecule has 29 heavy (non-hydrogen) atoms. The van der Waals surface area contributed by atoms with Crippen molar-refractivity contribution in [1.82, 2.24) is 15.2 Å². The number of pyridine rings is 1. The highest BCUT2D eigenvalue weighted by Crippen LogP contribution is 2.15. The predicted molar refractivity (Wildman–Crippen MR) is 116 cm³/mol. The van der Waals surface area contributed by atoms with Crippen molar-refractivity contribution in [2.24, 2.45) is 4.99 Å². The number of rotatable bonds is 7. The van der Waals surface area contributed by atoms with Crippen molar-refractivity contribution in [2.75, 3.05) is 56.0 Å². The lowest BCUT2D eigenvalue weighted by Crippen LogP contribution is -2.52. The lowest BCUT2D eigenvalue weighted by atomic mass is 10.3. The maximum atomic E-state index is 10.7. The minimum Gasteiger partial charge on any atom is -0.383 e. The van der Waals surface area contributed by atoms with Gasteiger partial charge in [-0.15, -0.1) is 0 Å². The summed E-state index contributed by atoms with van der Waals surface area (Å²) in [6.45, 7) is 7.73. The Morgan fingerprint density at radius 2 is 1.93 bits per heavy atom. The third-order valence-electron chi connectivity index (χ3n) is 4.67. The largest absolute Gasteiger partial charge is 0.383 e. The molecule has 1 aromatic heterocycles. The van der Waals surface area contributed by atoms with Gasteiger partial charge in [-0.1, -0.05) is 6.07 Å². The van der Waals surface area contributed by atoms with Crippen LogP contribution < -0.4 is 15.5 Å². The molecule has 9 nitrogen and oxygen atoms in total. The standard InChI is InChI=1S/C20H27N7O2/c1-2-21-20(24-12-11-22-17-6-8-18(9-7-17)27(28)29)26-15-13-25(14-16-26)19-5-3-4-10-23-19/h3-10,22H,2,11-16H2,1H3,(H,21,24). The van der Waals surface area contributed by atoms with Crippen LogP contribution in [0.15, 0.2) is 53.7 Å². The van der Waals surface area contributed by atoms with Gasteiger partial charge in [0, 0.05) is 63.3 Å². The fourth-order valence-electron chi connectivity index (χ4n) is 3.18. The summed E-state index contributed by atoms with van der Waals surface area (Å²) in [4.78, 5) is 24.0. The topological polar surface area (TPSA) is 98.9 Å². The second-order valence-electron chi connectivity index (χ2n) is 6.63. The molecular formula is C20H27N7O2. The van der Waals surface area contributed by atoms with E-state index in [4.69, 9.17) is 4.99 Å². The Kier molecular flexibility index (Phi) is 7.21. The van der Waals surface area contributed by atoms with Gasteiger partial charge in [0.2, 0.25) is 0 Å². The number of piperazine rings is 1. The Bertz CT molecular complexity index is 803. The van der Waals surface area contributed by atoms with Crippen molar-refractivity contribution in [2.45, 2.75) is 6.92 Å². The average molecular weight is 397 g/mol. The van der Waals surface area contributed by atoms with Gasteiger partial charge in [-0.3, -0.25) is 15.1 Å². The van der Waals surface area contributed by atoms with Gasteiger partial charge in [0.25, 0.3) is 5.69 Å². The van der Waals surface area contributed by atoms with Gasteiger partial charge in [0.05, 0.1) is 11.5 Å². The van der Waals surface area contributed by atoms with E-state index in [1.54, 1.807) is 12.1 Å². The lowest BCUT2D eigenvalue weighted by Gasteiger charge is -2.37. The minimum atomic E-state index is -0.398. The summed E-state index contributed by atoms with van der Waals surface area (Å²) < 4.78 is 0. The smallest absolute Gasteiger partial charge is 0.269 e. The molecule has 1 aromatic carbocycles. The van der Waals surface area contributed by atoms with Gasteiger partial charge >= 0.3 is 0 Å². The van der Waals surface area contributed by atoms with Crippen LogP contribution in [0, 0.1) is 10.1 Å². The van der Waals surface area contributed by atoms with E-state index in [9.17, 15) is 10.1 Å². The van der Waals surface area contributed by atoms with Gasteiger partial charge in [0.15, 0.2) is 5.96 Å². The Hall–Kier alpha value is -3.36. The predicted octanol–water partition coefficient (Wildman–Crippen LogP) is 2.19. The Morgan fingerprint density at radius 1 is 1.17 bits per heavy atom. The molecule has 3 rings (SSSR count). The van der Waals surface area contributed by atoms with Gasteiger partial charge in [-0.05, 0) is 31.2 Å². The minimum absolute atomic E-state index is 0.0906. The molecule has 0 aliphatic carbocycles. The molecule has 0 unspecified atom stereocenters.